The molecule has 1 heterocycles. The molecule has 88 valence electrons. The van der Waals surface area contributed by atoms with Crippen molar-refractivity contribution in [2.24, 2.45) is 5.92 Å². The second-order valence-electron chi connectivity index (χ2n) is 5.21. The predicted octanol–water partition coefficient (Wildman–Crippen LogP) is 3.03. The summed E-state index contributed by atoms with van der Waals surface area (Å²) in [5.41, 5.74) is -0.401. The maximum Gasteiger partial charge on any atom is 0.410 e. The fraction of sp³-hybridized carbons (Fsp3) is 0.909. The summed E-state index contributed by atoms with van der Waals surface area (Å²) in [7, 11) is 0. The summed E-state index contributed by atoms with van der Waals surface area (Å²) in [6.45, 7) is 9.43. The topological polar surface area (TPSA) is 29.5 Å². The molecule has 1 fully saturated rings. The van der Waals surface area contributed by atoms with Gasteiger partial charge in [-0.3, -0.25) is 0 Å². The number of nitrogens with zero attached hydrogens (tertiary/aromatic N) is 1. The van der Waals surface area contributed by atoms with Gasteiger partial charge in [-0.05, 0) is 33.1 Å². The number of amides is 1. The third-order valence-electron chi connectivity index (χ3n) is 2.52. The van der Waals surface area contributed by atoms with E-state index in [4.69, 9.17) is 4.74 Å². The highest BCUT2D eigenvalue weighted by molar-refractivity contribution is 9.09. The van der Waals surface area contributed by atoms with E-state index in [0.29, 0.717) is 10.7 Å². The van der Waals surface area contributed by atoms with Crippen LogP contribution in [0.2, 0.25) is 0 Å². The minimum absolute atomic E-state index is 0.196. The lowest BCUT2D eigenvalue weighted by molar-refractivity contribution is 0.0198. The minimum atomic E-state index is -0.401. The number of piperidine rings is 1. The van der Waals surface area contributed by atoms with Crippen molar-refractivity contribution in [3.05, 3.63) is 0 Å². The molecule has 4 heteroatoms. The SMILES string of the molecule is CC1CCN(C(=O)OC(C)(C)C)CC1Br. The van der Waals surface area contributed by atoms with E-state index >= 15 is 0 Å². The van der Waals surface area contributed by atoms with E-state index in [1.165, 1.54) is 0 Å². The summed E-state index contributed by atoms with van der Waals surface area (Å²) < 4.78 is 5.33. The van der Waals surface area contributed by atoms with Crippen molar-refractivity contribution < 1.29 is 9.53 Å². The van der Waals surface area contributed by atoms with Gasteiger partial charge < -0.3 is 9.64 Å². The number of rotatable bonds is 0. The first-order valence-corrected chi connectivity index (χ1v) is 6.33. The molecular formula is C11H20BrNO2. The third-order valence-corrected chi connectivity index (χ3v) is 3.71. The van der Waals surface area contributed by atoms with Gasteiger partial charge in [-0.1, -0.05) is 22.9 Å². The Labute approximate surface area is 100 Å². The largest absolute Gasteiger partial charge is 0.444 e. The molecule has 0 saturated carbocycles. The van der Waals surface area contributed by atoms with E-state index in [-0.39, 0.29) is 6.09 Å². The van der Waals surface area contributed by atoms with Crippen LogP contribution in [0.1, 0.15) is 34.1 Å². The van der Waals surface area contributed by atoms with Crippen LogP contribution in [0, 0.1) is 5.92 Å². The minimum Gasteiger partial charge on any atom is -0.444 e. The molecule has 0 N–H and O–H groups in total. The van der Waals surface area contributed by atoms with Crippen LogP contribution in [0.25, 0.3) is 0 Å². The zero-order chi connectivity index (χ0) is 11.6. The summed E-state index contributed by atoms with van der Waals surface area (Å²) in [5, 5.41) is 0. The Morgan fingerprint density at radius 3 is 2.53 bits per heavy atom. The maximum absolute atomic E-state index is 11.7. The van der Waals surface area contributed by atoms with Gasteiger partial charge in [-0.25, -0.2) is 4.79 Å². The molecule has 0 spiro atoms. The molecule has 0 aromatic carbocycles. The van der Waals surface area contributed by atoms with Gasteiger partial charge in [0.2, 0.25) is 0 Å². The third kappa shape index (κ3) is 4.01. The Balaban J connectivity index is 2.48. The van der Waals surface area contributed by atoms with E-state index in [9.17, 15) is 4.79 Å². The molecule has 1 amide bonds. The molecule has 0 bridgehead atoms. The quantitative estimate of drug-likeness (QED) is 0.637. The highest BCUT2D eigenvalue weighted by Crippen LogP contribution is 2.24. The monoisotopic (exact) mass is 277 g/mol. The Bertz CT molecular complexity index is 237. The summed E-state index contributed by atoms with van der Waals surface area (Å²) in [6, 6.07) is 0. The molecule has 0 aromatic heterocycles. The van der Waals surface area contributed by atoms with E-state index in [0.717, 1.165) is 19.5 Å². The molecule has 15 heavy (non-hydrogen) atoms. The average molecular weight is 278 g/mol. The van der Waals surface area contributed by atoms with Gasteiger partial charge in [0.05, 0.1) is 0 Å². The second kappa shape index (κ2) is 4.73. The van der Waals surface area contributed by atoms with Crippen LogP contribution in [0.3, 0.4) is 0 Å². The van der Waals surface area contributed by atoms with Crippen molar-refractivity contribution in [3.8, 4) is 0 Å². The summed E-state index contributed by atoms with van der Waals surface area (Å²) in [6.07, 6.45) is 0.841. The van der Waals surface area contributed by atoms with Gasteiger partial charge in [0.25, 0.3) is 0 Å². The Hall–Kier alpha value is -0.250. The normalized spacial score (nSPS) is 27.7. The summed E-state index contributed by atoms with van der Waals surface area (Å²) >= 11 is 3.59. The number of carbonyl (C=O) groups is 1. The summed E-state index contributed by atoms with van der Waals surface area (Å²) in [4.78, 5) is 13.9. The second-order valence-corrected chi connectivity index (χ2v) is 6.38. The van der Waals surface area contributed by atoms with Crippen molar-refractivity contribution in [1.82, 2.24) is 4.90 Å². The van der Waals surface area contributed by atoms with Crippen LogP contribution in [0.4, 0.5) is 4.79 Å². The molecule has 1 rings (SSSR count). The average Bonchev–Trinajstić information content (AvgIpc) is 2.06. The van der Waals surface area contributed by atoms with Crippen LogP contribution in [0.15, 0.2) is 0 Å². The van der Waals surface area contributed by atoms with Gasteiger partial charge in [-0.2, -0.15) is 0 Å². The van der Waals surface area contributed by atoms with Crippen LogP contribution in [0.5, 0.6) is 0 Å². The fourth-order valence-corrected chi connectivity index (χ4v) is 2.13. The number of alkyl halides is 1. The Morgan fingerprint density at radius 1 is 1.47 bits per heavy atom. The molecule has 2 unspecified atom stereocenters. The van der Waals surface area contributed by atoms with Crippen LogP contribution >= 0.6 is 15.9 Å². The van der Waals surface area contributed by atoms with Crippen LogP contribution in [-0.4, -0.2) is 34.5 Å². The molecule has 0 radical (unpaired) electrons. The Morgan fingerprint density at radius 2 is 2.07 bits per heavy atom. The number of halogens is 1. The zero-order valence-electron chi connectivity index (χ0n) is 9.92. The van der Waals surface area contributed by atoms with Crippen LogP contribution in [-0.2, 0) is 4.74 Å². The van der Waals surface area contributed by atoms with E-state index < -0.39 is 5.60 Å². The number of hydrogen-bond donors (Lipinski definition) is 0. The highest BCUT2D eigenvalue weighted by atomic mass is 79.9. The zero-order valence-corrected chi connectivity index (χ0v) is 11.5. The van der Waals surface area contributed by atoms with Crippen molar-refractivity contribution in [1.29, 1.82) is 0 Å². The van der Waals surface area contributed by atoms with Crippen molar-refractivity contribution >= 4 is 22.0 Å². The van der Waals surface area contributed by atoms with Gasteiger partial charge in [-0.15, -0.1) is 0 Å². The number of likely N-dealkylation sites (tertiary alicyclic amines) is 1. The molecule has 3 nitrogen and oxygen atoms in total. The lowest BCUT2D eigenvalue weighted by atomic mass is 9.99. The first-order valence-electron chi connectivity index (χ1n) is 5.41. The van der Waals surface area contributed by atoms with Gasteiger partial charge in [0, 0.05) is 17.9 Å². The molecule has 1 saturated heterocycles. The first kappa shape index (κ1) is 12.8. The molecule has 1 aliphatic rings. The van der Waals surface area contributed by atoms with Crippen molar-refractivity contribution in [2.45, 2.75) is 44.5 Å². The van der Waals surface area contributed by atoms with Gasteiger partial charge >= 0.3 is 6.09 Å². The first-order chi connectivity index (χ1) is 6.79. The number of hydrogen-bond acceptors (Lipinski definition) is 2. The van der Waals surface area contributed by atoms with Crippen molar-refractivity contribution in [3.63, 3.8) is 0 Å². The lowest BCUT2D eigenvalue weighted by Crippen LogP contribution is -2.45. The fourth-order valence-electron chi connectivity index (χ4n) is 1.51. The summed E-state index contributed by atoms with van der Waals surface area (Å²) in [5.74, 6) is 0.628. The lowest BCUT2D eigenvalue weighted by Gasteiger charge is -2.35. The van der Waals surface area contributed by atoms with E-state index in [1.807, 2.05) is 20.8 Å². The molecule has 0 aliphatic carbocycles. The molecular weight excluding hydrogens is 258 g/mol. The maximum atomic E-state index is 11.7. The van der Waals surface area contributed by atoms with E-state index in [2.05, 4.69) is 22.9 Å². The predicted molar refractivity (Wildman–Crippen MR) is 64.3 cm³/mol. The van der Waals surface area contributed by atoms with Gasteiger partial charge in [0.1, 0.15) is 5.60 Å². The molecule has 0 aromatic rings. The smallest absolute Gasteiger partial charge is 0.410 e. The Kier molecular flexibility index (Phi) is 4.04. The molecule has 2 atom stereocenters. The van der Waals surface area contributed by atoms with Crippen LogP contribution < -0.4 is 0 Å². The van der Waals surface area contributed by atoms with Crippen molar-refractivity contribution in [2.75, 3.05) is 13.1 Å². The number of ether oxygens (including phenoxy) is 1. The van der Waals surface area contributed by atoms with Gasteiger partial charge in [0.15, 0.2) is 0 Å². The highest BCUT2D eigenvalue weighted by Gasteiger charge is 2.29. The number of carbonyl (C=O) groups excluding carboxylic acids is 1. The molecule has 1 aliphatic heterocycles. The standard InChI is InChI=1S/C11H20BrNO2/c1-8-5-6-13(7-9(8)12)10(14)15-11(2,3)4/h8-9H,5-7H2,1-4H3. The van der Waals surface area contributed by atoms with E-state index in [1.54, 1.807) is 4.90 Å².